The average molecular weight is 553 g/mol. The summed E-state index contributed by atoms with van der Waals surface area (Å²) in [5.41, 5.74) is 4.06. The summed E-state index contributed by atoms with van der Waals surface area (Å²) in [7, 11) is 0. The molecule has 0 saturated carbocycles. The number of nitrogens with one attached hydrogen (secondary N) is 1. The normalized spacial score (nSPS) is 11.2. The molecule has 1 heterocycles. The summed E-state index contributed by atoms with van der Waals surface area (Å²) in [6.45, 7) is 11.2. The monoisotopic (exact) mass is 552 g/mol. The van der Waals surface area contributed by atoms with Gasteiger partial charge in [0.15, 0.2) is 0 Å². The highest BCUT2D eigenvalue weighted by molar-refractivity contribution is 5.99. The molecule has 214 valence electrons. The van der Waals surface area contributed by atoms with Crippen LogP contribution in [0, 0.1) is 6.92 Å². The van der Waals surface area contributed by atoms with Crippen LogP contribution in [0.25, 0.3) is 5.69 Å². The Labute approximate surface area is 243 Å². The van der Waals surface area contributed by atoms with E-state index < -0.39 is 0 Å². The second kappa shape index (κ2) is 13.3. The molecular weight excluding hydrogens is 512 g/mol. The molecule has 0 saturated heterocycles. The zero-order valence-electron chi connectivity index (χ0n) is 24.7. The summed E-state index contributed by atoms with van der Waals surface area (Å²) in [6.07, 6.45) is 2.02. The van der Waals surface area contributed by atoms with E-state index in [0.717, 1.165) is 41.1 Å². The fraction of sp³-hybridized carbons (Fsp3) is 0.324. The van der Waals surface area contributed by atoms with Gasteiger partial charge in [-0.2, -0.15) is 5.10 Å². The van der Waals surface area contributed by atoms with Gasteiger partial charge in [-0.3, -0.25) is 9.59 Å². The maximum atomic E-state index is 13.7. The first-order chi connectivity index (χ1) is 19.6. The molecule has 0 aliphatic rings. The number of ether oxygens (including phenoxy) is 1. The molecule has 7 nitrogen and oxygen atoms in total. The first-order valence-electron chi connectivity index (χ1n) is 14.2. The number of nitrogens with zero attached hydrogens (tertiary/aromatic N) is 3. The second-order valence-electron chi connectivity index (χ2n) is 11.3. The molecule has 0 spiro atoms. The van der Waals surface area contributed by atoms with Crippen molar-refractivity contribution in [3.63, 3.8) is 0 Å². The number of carbonyl (C=O) groups is 2. The molecule has 0 atom stereocenters. The molecule has 4 rings (SSSR count). The van der Waals surface area contributed by atoms with Crippen LogP contribution < -0.4 is 10.1 Å². The van der Waals surface area contributed by atoms with Crippen LogP contribution in [-0.2, 0) is 16.8 Å². The summed E-state index contributed by atoms with van der Waals surface area (Å²) in [5, 5.41) is 7.83. The number of hydrogen-bond acceptors (Lipinski definition) is 4. The van der Waals surface area contributed by atoms with Crippen LogP contribution in [0.2, 0.25) is 0 Å². The number of carbonyl (C=O) groups excluding carboxylic acids is 2. The van der Waals surface area contributed by atoms with Crippen molar-refractivity contribution in [3.8, 4) is 11.4 Å². The first-order valence-corrected chi connectivity index (χ1v) is 14.2. The van der Waals surface area contributed by atoms with Gasteiger partial charge in [0.2, 0.25) is 5.91 Å². The molecule has 0 radical (unpaired) electrons. The number of unbranched alkanes of at least 4 members (excludes halogenated alkanes) is 1. The fourth-order valence-corrected chi connectivity index (χ4v) is 4.29. The van der Waals surface area contributed by atoms with E-state index in [-0.39, 0.29) is 23.8 Å². The van der Waals surface area contributed by atoms with Crippen molar-refractivity contribution in [1.82, 2.24) is 14.7 Å². The van der Waals surface area contributed by atoms with Crippen LogP contribution in [0.15, 0.2) is 84.9 Å². The summed E-state index contributed by atoms with van der Waals surface area (Å²) >= 11 is 0. The predicted octanol–water partition coefficient (Wildman–Crippen LogP) is 6.94. The molecule has 41 heavy (non-hydrogen) atoms. The van der Waals surface area contributed by atoms with Crippen LogP contribution in [0.4, 0.5) is 5.82 Å². The van der Waals surface area contributed by atoms with Gasteiger partial charge in [-0.15, -0.1) is 0 Å². The molecule has 0 fully saturated rings. The van der Waals surface area contributed by atoms with Gasteiger partial charge in [0.05, 0.1) is 18.0 Å². The van der Waals surface area contributed by atoms with E-state index in [9.17, 15) is 9.59 Å². The molecular formula is C34H40N4O3. The minimum Gasteiger partial charge on any atom is -0.494 e. The Kier molecular flexibility index (Phi) is 9.61. The molecule has 0 aliphatic heterocycles. The van der Waals surface area contributed by atoms with E-state index in [1.165, 1.54) is 0 Å². The van der Waals surface area contributed by atoms with Crippen molar-refractivity contribution in [3.05, 3.63) is 107 Å². The Hall–Kier alpha value is -4.39. The Balaban J connectivity index is 1.56. The van der Waals surface area contributed by atoms with Gasteiger partial charge in [-0.05, 0) is 55.3 Å². The van der Waals surface area contributed by atoms with Crippen molar-refractivity contribution in [2.75, 3.05) is 18.5 Å². The van der Waals surface area contributed by atoms with Gasteiger partial charge in [-0.1, -0.05) is 82.1 Å². The lowest BCUT2D eigenvalue weighted by Crippen LogP contribution is -2.37. The maximum absolute atomic E-state index is 13.7. The van der Waals surface area contributed by atoms with Crippen molar-refractivity contribution in [2.24, 2.45) is 0 Å². The number of aryl methyl sites for hydroxylation is 1. The molecule has 2 amide bonds. The third-order valence-corrected chi connectivity index (χ3v) is 6.73. The highest BCUT2D eigenvalue weighted by Gasteiger charge is 2.24. The molecule has 0 aliphatic carbocycles. The average Bonchev–Trinajstić information content (AvgIpc) is 3.38. The van der Waals surface area contributed by atoms with Crippen LogP contribution in [-0.4, -0.2) is 39.6 Å². The quantitative estimate of drug-likeness (QED) is 0.205. The maximum Gasteiger partial charge on any atom is 0.254 e. The lowest BCUT2D eigenvalue weighted by atomic mass is 9.92. The first kappa shape index (κ1) is 29.6. The van der Waals surface area contributed by atoms with Crippen molar-refractivity contribution in [1.29, 1.82) is 0 Å². The van der Waals surface area contributed by atoms with Crippen LogP contribution in [0.5, 0.6) is 5.75 Å². The summed E-state index contributed by atoms with van der Waals surface area (Å²) < 4.78 is 7.50. The van der Waals surface area contributed by atoms with Crippen molar-refractivity contribution >= 4 is 17.6 Å². The number of amides is 2. The highest BCUT2D eigenvalue weighted by Crippen LogP contribution is 2.26. The minimum atomic E-state index is -0.303. The van der Waals surface area contributed by atoms with E-state index in [1.807, 2.05) is 67.6 Å². The number of anilines is 1. The van der Waals surface area contributed by atoms with E-state index in [0.29, 0.717) is 24.5 Å². The molecule has 1 aromatic heterocycles. The Morgan fingerprint density at radius 3 is 2.27 bits per heavy atom. The fourth-order valence-electron chi connectivity index (χ4n) is 4.29. The Morgan fingerprint density at radius 1 is 0.951 bits per heavy atom. The van der Waals surface area contributed by atoms with Gasteiger partial charge in [0, 0.05) is 23.6 Å². The minimum absolute atomic E-state index is 0.119. The zero-order valence-corrected chi connectivity index (χ0v) is 24.7. The molecule has 1 N–H and O–H groups in total. The van der Waals surface area contributed by atoms with E-state index in [2.05, 4.69) is 33.0 Å². The highest BCUT2D eigenvalue weighted by atomic mass is 16.5. The molecule has 7 heteroatoms. The SMILES string of the molecule is CCCCOc1ccc(C(=O)N(CC(=O)Nc2cc(C(C)(C)C)nn2-c2ccc(C)cc2)Cc2ccccc2)cc1. The van der Waals surface area contributed by atoms with E-state index in [1.54, 1.807) is 33.8 Å². The van der Waals surface area contributed by atoms with Gasteiger partial charge >= 0.3 is 0 Å². The van der Waals surface area contributed by atoms with Gasteiger partial charge in [-0.25, -0.2) is 4.68 Å². The molecule has 3 aromatic carbocycles. The van der Waals surface area contributed by atoms with Crippen molar-refractivity contribution < 1.29 is 14.3 Å². The van der Waals surface area contributed by atoms with Crippen LogP contribution >= 0.6 is 0 Å². The molecule has 0 unspecified atom stereocenters. The number of aromatic nitrogens is 2. The molecule has 0 bridgehead atoms. The molecule has 4 aromatic rings. The lowest BCUT2D eigenvalue weighted by molar-refractivity contribution is -0.117. The largest absolute Gasteiger partial charge is 0.494 e. The van der Waals surface area contributed by atoms with Crippen LogP contribution in [0.1, 0.15) is 67.7 Å². The lowest BCUT2D eigenvalue weighted by Gasteiger charge is -2.23. The Bertz CT molecular complexity index is 1440. The Morgan fingerprint density at radius 2 is 1.63 bits per heavy atom. The van der Waals surface area contributed by atoms with Crippen LogP contribution in [0.3, 0.4) is 0 Å². The van der Waals surface area contributed by atoms with Gasteiger partial charge in [0.1, 0.15) is 18.1 Å². The predicted molar refractivity (Wildman–Crippen MR) is 164 cm³/mol. The number of rotatable bonds is 11. The topological polar surface area (TPSA) is 76.5 Å². The van der Waals surface area contributed by atoms with E-state index in [4.69, 9.17) is 9.84 Å². The van der Waals surface area contributed by atoms with E-state index >= 15 is 0 Å². The number of hydrogen-bond donors (Lipinski definition) is 1. The second-order valence-corrected chi connectivity index (χ2v) is 11.3. The van der Waals surface area contributed by atoms with Gasteiger partial charge < -0.3 is 15.0 Å². The summed E-state index contributed by atoms with van der Waals surface area (Å²) in [4.78, 5) is 28.7. The number of benzene rings is 3. The smallest absolute Gasteiger partial charge is 0.254 e. The standard InChI is InChI=1S/C34H40N4O3/c1-6-7-21-41-29-19-15-27(16-20-29)33(40)37(23-26-11-9-8-10-12-26)24-32(39)35-31-22-30(34(3,4)5)36-38(31)28-17-13-25(2)14-18-28/h8-20,22H,6-7,21,23-24H2,1-5H3,(H,35,39). The third-order valence-electron chi connectivity index (χ3n) is 6.73. The summed E-state index contributed by atoms with van der Waals surface area (Å²) in [6, 6.07) is 26.7. The third kappa shape index (κ3) is 8.07. The van der Waals surface area contributed by atoms with Crippen molar-refractivity contribution in [2.45, 2.75) is 59.4 Å². The summed E-state index contributed by atoms with van der Waals surface area (Å²) in [5.74, 6) is 0.750. The van der Waals surface area contributed by atoms with Gasteiger partial charge in [0.25, 0.3) is 5.91 Å². The zero-order chi connectivity index (χ0) is 29.4.